The molecule has 0 bridgehead atoms. The molecule has 0 radical (unpaired) electrons. The molecule has 0 aliphatic heterocycles. The van der Waals surface area contributed by atoms with Crippen molar-refractivity contribution in [3.63, 3.8) is 0 Å². The lowest BCUT2D eigenvalue weighted by Gasteiger charge is -2.29. The van der Waals surface area contributed by atoms with Gasteiger partial charge in [-0.05, 0) is 56.6 Å². The Bertz CT molecular complexity index is 463. The minimum absolute atomic E-state index is 0.105. The topological polar surface area (TPSA) is 41.5 Å². The van der Waals surface area contributed by atoms with Crippen LogP contribution in [0.25, 0.3) is 0 Å². The molecule has 0 aromatic heterocycles. The normalized spacial score (nSPS) is 22.3. The van der Waals surface area contributed by atoms with E-state index in [2.05, 4.69) is 43.4 Å². The van der Waals surface area contributed by atoms with E-state index in [4.69, 9.17) is 4.74 Å². The zero-order valence-corrected chi connectivity index (χ0v) is 15.5. The van der Waals surface area contributed by atoms with Crippen LogP contribution in [0.1, 0.15) is 64.4 Å². The molecule has 0 amide bonds. The van der Waals surface area contributed by atoms with Crippen molar-refractivity contribution in [3.8, 4) is 5.75 Å². The SMILES string of the molecule is CCCCOc1ccccc1CCC(C)NCC1CCCCC1O. The predicted octanol–water partition coefficient (Wildman–Crippen LogP) is 4.33. The zero-order valence-electron chi connectivity index (χ0n) is 15.5. The summed E-state index contributed by atoms with van der Waals surface area (Å²) in [5.74, 6) is 1.48. The van der Waals surface area contributed by atoms with Crippen LogP contribution in [0.5, 0.6) is 5.75 Å². The van der Waals surface area contributed by atoms with Crippen LogP contribution in [0.15, 0.2) is 24.3 Å². The summed E-state index contributed by atoms with van der Waals surface area (Å²) < 4.78 is 5.93. The Labute approximate surface area is 147 Å². The van der Waals surface area contributed by atoms with Gasteiger partial charge in [0.25, 0.3) is 0 Å². The van der Waals surface area contributed by atoms with E-state index in [0.29, 0.717) is 12.0 Å². The molecule has 3 unspecified atom stereocenters. The standard InChI is InChI=1S/C21H35NO2/c1-3-4-15-24-21-12-8-6-9-18(21)14-13-17(2)22-16-19-10-5-7-11-20(19)23/h6,8-9,12,17,19-20,22-23H,3-5,7,10-11,13-16H2,1-2H3. The Balaban J connectivity index is 1.73. The van der Waals surface area contributed by atoms with Gasteiger partial charge >= 0.3 is 0 Å². The molecule has 3 heteroatoms. The fourth-order valence-corrected chi connectivity index (χ4v) is 3.43. The zero-order chi connectivity index (χ0) is 17.2. The van der Waals surface area contributed by atoms with Crippen molar-refractivity contribution in [1.82, 2.24) is 5.32 Å². The average molecular weight is 334 g/mol. The second kappa shape index (κ2) is 10.7. The lowest BCUT2D eigenvalue weighted by molar-refractivity contribution is 0.0683. The average Bonchev–Trinajstić information content (AvgIpc) is 2.60. The third kappa shape index (κ3) is 6.45. The maximum Gasteiger partial charge on any atom is 0.122 e. The van der Waals surface area contributed by atoms with Crippen LogP contribution < -0.4 is 10.1 Å². The van der Waals surface area contributed by atoms with Crippen LogP contribution >= 0.6 is 0 Å². The highest BCUT2D eigenvalue weighted by Crippen LogP contribution is 2.24. The minimum Gasteiger partial charge on any atom is -0.493 e. The number of benzene rings is 1. The maximum atomic E-state index is 10.1. The van der Waals surface area contributed by atoms with E-state index in [9.17, 15) is 5.11 Å². The molecule has 0 saturated heterocycles. The molecule has 1 aromatic carbocycles. The maximum absolute atomic E-state index is 10.1. The Kier molecular flexibility index (Phi) is 8.62. The highest BCUT2D eigenvalue weighted by atomic mass is 16.5. The molecule has 0 heterocycles. The van der Waals surface area contributed by atoms with Crippen molar-refractivity contribution in [1.29, 1.82) is 0 Å². The first-order valence-electron chi connectivity index (χ1n) is 9.82. The highest BCUT2D eigenvalue weighted by molar-refractivity contribution is 5.33. The first kappa shape index (κ1) is 19.3. The van der Waals surface area contributed by atoms with Gasteiger partial charge in [-0.3, -0.25) is 0 Å². The number of aliphatic hydroxyl groups is 1. The molecule has 2 rings (SSSR count). The van der Waals surface area contributed by atoms with Gasteiger partial charge in [0, 0.05) is 12.6 Å². The summed E-state index contributed by atoms with van der Waals surface area (Å²) in [6.45, 7) is 6.18. The lowest BCUT2D eigenvalue weighted by atomic mass is 9.86. The molecule has 1 fully saturated rings. The van der Waals surface area contributed by atoms with Gasteiger partial charge in [0.2, 0.25) is 0 Å². The number of hydrogen-bond acceptors (Lipinski definition) is 3. The van der Waals surface area contributed by atoms with Crippen molar-refractivity contribution in [2.75, 3.05) is 13.2 Å². The van der Waals surface area contributed by atoms with Crippen LogP contribution in [-0.2, 0) is 6.42 Å². The number of ether oxygens (including phenoxy) is 1. The summed E-state index contributed by atoms with van der Waals surface area (Å²) in [6.07, 6.45) is 8.87. The molecular weight excluding hydrogens is 298 g/mol. The van der Waals surface area contributed by atoms with Gasteiger partial charge in [0.1, 0.15) is 5.75 Å². The highest BCUT2D eigenvalue weighted by Gasteiger charge is 2.22. The molecule has 3 atom stereocenters. The molecule has 24 heavy (non-hydrogen) atoms. The fraction of sp³-hybridized carbons (Fsp3) is 0.714. The molecule has 3 nitrogen and oxygen atoms in total. The third-order valence-electron chi connectivity index (χ3n) is 5.17. The molecule has 1 aromatic rings. The van der Waals surface area contributed by atoms with Crippen LogP contribution in [0, 0.1) is 5.92 Å². The summed E-state index contributed by atoms with van der Waals surface area (Å²) in [7, 11) is 0. The van der Waals surface area contributed by atoms with Crippen LogP contribution in [0.4, 0.5) is 0 Å². The van der Waals surface area contributed by atoms with Crippen molar-refractivity contribution in [2.45, 2.75) is 77.4 Å². The van der Waals surface area contributed by atoms with E-state index in [1.165, 1.54) is 18.4 Å². The van der Waals surface area contributed by atoms with E-state index in [1.807, 2.05) is 0 Å². The number of aryl methyl sites for hydroxylation is 1. The number of rotatable bonds is 10. The molecule has 0 spiro atoms. The molecule has 136 valence electrons. The van der Waals surface area contributed by atoms with Gasteiger partial charge in [-0.2, -0.15) is 0 Å². The number of para-hydroxylation sites is 1. The first-order valence-corrected chi connectivity index (χ1v) is 9.82. The number of unbranched alkanes of at least 4 members (excludes halogenated alkanes) is 1. The number of hydrogen-bond donors (Lipinski definition) is 2. The largest absolute Gasteiger partial charge is 0.493 e. The Morgan fingerprint density at radius 2 is 2.04 bits per heavy atom. The summed E-state index contributed by atoms with van der Waals surface area (Å²) in [5.41, 5.74) is 1.31. The number of aliphatic hydroxyl groups excluding tert-OH is 1. The van der Waals surface area contributed by atoms with Gasteiger partial charge in [0.15, 0.2) is 0 Å². The Hall–Kier alpha value is -1.06. The van der Waals surface area contributed by atoms with E-state index < -0.39 is 0 Å². The molecule has 1 saturated carbocycles. The van der Waals surface area contributed by atoms with Gasteiger partial charge in [-0.25, -0.2) is 0 Å². The van der Waals surface area contributed by atoms with Gasteiger partial charge in [0.05, 0.1) is 12.7 Å². The fourth-order valence-electron chi connectivity index (χ4n) is 3.43. The Morgan fingerprint density at radius 3 is 2.83 bits per heavy atom. The van der Waals surface area contributed by atoms with Crippen molar-refractivity contribution < 1.29 is 9.84 Å². The quantitative estimate of drug-likeness (QED) is 0.626. The predicted molar refractivity (Wildman–Crippen MR) is 101 cm³/mol. The third-order valence-corrected chi connectivity index (χ3v) is 5.17. The van der Waals surface area contributed by atoms with E-state index in [0.717, 1.165) is 57.4 Å². The summed E-state index contributed by atoms with van der Waals surface area (Å²) in [4.78, 5) is 0. The van der Waals surface area contributed by atoms with E-state index in [-0.39, 0.29) is 6.10 Å². The summed E-state index contributed by atoms with van der Waals surface area (Å²) in [6, 6.07) is 8.87. The number of nitrogens with one attached hydrogen (secondary N) is 1. The van der Waals surface area contributed by atoms with Gasteiger partial charge in [-0.15, -0.1) is 0 Å². The van der Waals surface area contributed by atoms with Crippen LogP contribution in [-0.4, -0.2) is 30.4 Å². The van der Waals surface area contributed by atoms with Gasteiger partial charge in [-0.1, -0.05) is 44.4 Å². The van der Waals surface area contributed by atoms with Crippen LogP contribution in [0.3, 0.4) is 0 Å². The minimum atomic E-state index is -0.105. The van der Waals surface area contributed by atoms with Gasteiger partial charge < -0.3 is 15.2 Å². The lowest BCUT2D eigenvalue weighted by Crippen LogP contribution is -2.37. The molecule has 1 aliphatic rings. The monoisotopic (exact) mass is 333 g/mol. The second-order valence-corrected chi connectivity index (χ2v) is 7.27. The molecule has 2 N–H and O–H groups in total. The molecular formula is C21H35NO2. The summed E-state index contributed by atoms with van der Waals surface area (Å²) >= 11 is 0. The second-order valence-electron chi connectivity index (χ2n) is 7.27. The Morgan fingerprint density at radius 1 is 1.25 bits per heavy atom. The smallest absolute Gasteiger partial charge is 0.122 e. The van der Waals surface area contributed by atoms with E-state index >= 15 is 0 Å². The van der Waals surface area contributed by atoms with E-state index in [1.54, 1.807) is 0 Å². The summed E-state index contributed by atoms with van der Waals surface area (Å²) in [5, 5.41) is 13.7. The van der Waals surface area contributed by atoms with Crippen molar-refractivity contribution in [3.05, 3.63) is 29.8 Å². The van der Waals surface area contributed by atoms with Crippen molar-refractivity contribution in [2.24, 2.45) is 5.92 Å². The van der Waals surface area contributed by atoms with Crippen LogP contribution in [0.2, 0.25) is 0 Å². The first-order chi connectivity index (χ1) is 11.7. The van der Waals surface area contributed by atoms with Crippen molar-refractivity contribution >= 4 is 0 Å². The molecule has 1 aliphatic carbocycles.